The Kier molecular flexibility index (Phi) is 41.9. The monoisotopic (exact) mass is 1980 g/mol. The molecule has 2 aromatic carbocycles. The Morgan fingerprint density at radius 2 is 1.38 bits per heavy atom. The third-order valence-electron chi connectivity index (χ3n) is 27.3. The summed E-state index contributed by atoms with van der Waals surface area (Å²) in [6, 6.07) is 10.9. The van der Waals surface area contributed by atoms with E-state index in [1.54, 1.807) is 94.6 Å². The number of hydrogen-bond acceptors (Lipinski definition) is 31. The quantitative estimate of drug-likeness (QED) is 0.0103. The highest BCUT2D eigenvalue weighted by Gasteiger charge is 2.54. The first-order chi connectivity index (χ1) is 68.3. The van der Waals surface area contributed by atoms with Gasteiger partial charge in [0.15, 0.2) is 5.78 Å². The molecular formula is C103H141F3N14O22. The first kappa shape index (κ1) is 110. The summed E-state index contributed by atoms with van der Waals surface area (Å²) in [4.78, 5) is 121. The number of alkyl halides is 3. The van der Waals surface area contributed by atoms with Crippen LogP contribution in [0.25, 0.3) is 38.8 Å². The van der Waals surface area contributed by atoms with Crippen molar-refractivity contribution >= 4 is 68.7 Å². The van der Waals surface area contributed by atoms with Gasteiger partial charge in [0.2, 0.25) is 23.5 Å². The molecule has 2 bridgehead atoms. The number of aryl methyl sites for hydroxylation is 2. The van der Waals surface area contributed by atoms with E-state index >= 15 is 13.2 Å². The lowest BCUT2D eigenvalue weighted by Gasteiger charge is -2.42. The molecule has 15 atom stereocenters. The molecule has 776 valence electrons. The SMILES string of the molecule is COc1ccc(-c2ccc3ncc4c(c3c2)n(-c2ccc(N3CCN(c5ncc(CNC(=O)CCOCCOCCOCCOCCOCCOCCn6cc(CCCCO[C@@H]7CC[C@@H](C[C@@H](N)[C@@H]8CC(=O)[C@H](C)/C=C(\C)[C@@H](O)[C@@H](O)C(=O)[C@H](C)C[C@H](C)/C=C/C=C/C=C(\C)[C@@H](OC)C[C@@H]9CC[C@@H](C)[C@@](O)(O9)C(=O)C(=O)N9CCCC[C@H]9C(=O)O8)C[C@H]7OC)nn6)cn5)CC3)c(C(F)(F)F)c2)c(=O)n4C)cn1. The molecule has 0 spiro atoms. The number of aliphatic hydroxyl groups is 3. The van der Waals surface area contributed by atoms with Gasteiger partial charge in [-0.2, -0.15) is 13.2 Å². The second-order valence-electron chi connectivity index (χ2n) is 37.6. The molecule has 1 aliphatic carbocycles. The summed E-state index contributed by atoms with van der Waals surface area (Å²) in [6.45, 7) is 16.9. The molecule has 39 heteroatoms. The van der Waals surface area contributed by atoms with E-state index in [1.807, 2.05) is 73.5 Å². The van der Waals surface area contributed by atoms with E-state index in [2.05, 4.69) is 35.6 Å². The molecule has 4 fully saturated rings. The van der Waals surface area contributed by atoms with Gasteiger partial charge in [0.25, 0.3) is 11.7 Å². The highest BCUT2D eigenvalue weighted by atomic mass is 19.4. The number of piperidine rings is 1. The maximum Gasteiger partial charge on any atom is 0.418 e. The number of aliphatic hydroxyl groups excluding tert-OH is 2. The number of pyridine rings is 2. The molecule has 9 heterocycles. The summed E-state index contributed by atoms with van der Waals surface area (Å²) in [6.07, 6.45) is 15.1. The number of hydrogen-bond donors (Lipinski definition) is 5. The van der Waals surface area contributed by atoms with Crippen LogP contribution in [0.5, 0.6) is 5.88 Å². The van der Waals surface area contributed by atoms with Crippen LogP contribution in [0.1, 0.15) is 155 Å². The highest BCUT2D eigenvalue weighted by Crippen LogP contribution is 2.42. The van der Waals surface area contributed by atoms with Crippen LogP contribution in [0.3, 0.4) is 0 Å². The number of carbonyl (C=O) groups is 6. The third kappa shape index (κ3) is 30.3. The van der Waals surface area contributed by atoms with E-state index in [1.165, 1.54) is 35.3 Å². The fourth-order valence-corrected chi connectivity index (χ4v) is 18.9. The van der Waals surface area contributed by atoms with E-state index in [4.69, 9.17) is 62.6 Å². The minimum Gasteiger partial charge on any atom is -0.481 e. The number of cyclic esters (lactones) is 1. The molecular weight excluding hydrogens is 1840 g/mol. The maximum absolute atomic E-state index is 15.1. The Labute approximate surface area is 826 Å². The van der Waals surface area contributed by atoms with Crippen LogP contribution >= 0.6 is 0 Å². The fourth-order valence-electron chi connectivity index (χ4n) is 18.9. The number of amides is 2. The number of anilines is 2. The minimum absolute atomic E-state index is 0.00887. The first-order valence-corrected chi connectivity index (χ1v) is 49.5. The predicted molar refractivity (Wildman–Crippen MR) is 522 cm³/mol. The van der Waals surface area contributed by atoms with Gasteiger partial charge in [0, 0.05) is 163 Å². The lowest BCUT2D eigenvalue weighted by Crippen LogP contribution is -2.61. The standard InChI is InChI=1S/C103H141F3N14O22/c1-66-18-12-11-13-19-67(2)88(131-8)58-78-27-22-71(6)102(130,142-78)97(126)98(127)119-33-16-14-21-84(119)99(128)141-89(59-86(121)68(3)53-70(5)95(124)96(125)94(123)69(4)52-66)81(107)54-72-23-30-87(90(55-72)132-9)140-39-17-15-20-76-65-118(114-113-76)38-41-135-43-45-137-47-49-139-51-50-138-48-46-136-44-42-134-40-32-91(122)109-60-73-61-111-100(112-62-73)117-36-34-116(35-37-117)83-29-26-77(57-80(83)103(104,105)106)120-93-79-56-74(75-25-31-92(133-10)110-63-75)24-28-82(79)108-64-85(93)115(7)101(120)129/h11-13,18-19,24-26,28-29,31,53,56-57,61-66,68-69,71-72,78,81,84,87-90,95-96,124-125,130H,14-17,20-23,27,30,32-52,54-55,58-60,107H2,1-10H3,(H,109,122)/b13-11+,18-12+,67-19+,70-53+/t66-,68-,69-,71-,72+,78+,81-,84+,87-,88+,89+,90-,95-,96+,102-/m1/s1. The molecule has 5 aromatic heterocycles. The van der Waals surface area contributed by atoms with Gasteiger partial charge in [-0.3, -0.25) is 38.1 Å². The Balaban J connectivity index is 0.482. The van der Waals surface area contributed by atoms with Crippen LogP contribution in [0, 0.1) is 29.6 Å². The molecule has 4 aliphatic heterocycles. The van der Waals surface area contributed by atoms with Gasteiger partial charge >= 0.3 is 17.8 Å². The normalized spacial score (nSPS) is 25.7. The number of piperazine rings is 1. The second kappa shape index (κ2) is 53.9. The average Bonchev–Trinajstić information content (AvgIpc) is 1.58. The number of ketones is 3. The third-order valence-corrected chi connectivity index (χ3v) is 27.3. The Morgan fingerprint density at radius 1 is 0.690 bits per heavy atom. The first-order valence-electron chi connectivity index (χ1n) is 49.5. The summed E-state index contributed by atoms with van der Waals surface area (Å²) < 4.78 is 120. The zero-order chi connectivity index (χ0) is 102. The van der Waals surface area contributed by atoms with Crippen molar-refractivity contribution in [3.63, 3.8) is 0 Å². The van der Waals surface area contributed by atoms with Gasteiger partial charge in [-0.1, -0.05) is 75.4 Å². The molecule has 142 heavy (non-hydrogen) atoms. The summed E-state index contributed by atoms with van der Waals surface area (Å²) >= 11 is 0. The van der Waals surface area contributed by atoms with E-state index in [0.29, 0.717) is 202 Å². The highest BCUT2D eigenvalue weighted by molar-refractivity contribution is 6.39. The van der Waals surface area contributed by atoms with Crippen molar-refractivity contribution in [1.82, 2.24) is 54.3 Å². The number of nitrogens with one attached hydrogen (secondary N) is 1. The van der Waals surface area contributed by atoms with Crippen LogP contribution in [-0.4, -0.2) is 300 Å². The van der Waals surface area contributed by atoms with Crippen LogP contribution in [0.15, 0.2) is 132 Å². The number of unbranched alkanes of at least 4 members (excludes halogenated alkanes) is 1. The summed E-state index contributed by atoms with van der Waals surface area (Å²) in [5.74, 6) is -8.36. The van der Waals surface area contributed by atoms with Crippen LogP contribution in [-0.2, 0) is 114 Å². The molecule has 12 rings (SSSR count). The fraction of sp³-hybridized carbons (Fsp3) is 0.602. The number of carbonyl (C=O) groups excluding carboxylic acids is 6. The van der Waals surface area contributed by atoms with Gasteiger partial charge in [-0.15, -0.1) is 5.10 Å². The number of halogens is 3. The molecule has 5 aliphatic rings. The van der Waals surface area contributed by atoms with Crippen LogP contribution in [0.4, 0.5) is 24.8 Å². The minimum atomic E-state index is -4.75. The Bertz CT molecular complexity index is 5470. The second-order valence-corrected chi connectivity index (χ2v) is 37.6. The molecule has 6 N–H and O–H groups in total. The van der Waals surface area contributed by atoms with E-state index < -0.39 is 113 Å². The number of Topliss-reactive ketones (excluding diaryl/α,β-unsaturated/α-hetero) is 3. The number of ether oxygens (including phenoxy) is 12. The zero-order valence-electron chi connectivity index (χ0n) is 83.2. The van der Waals surface area contributed by atoms with Gasteiger partial charge in [-0.25, -0.2) is 29.2 Å². The summed E-state index contributed by atoms with van der Waals surface area (Å²) in [5, 5.41) is 46.7. The Morgan fingerprint density at radius 3 is 2.06 bits per heavy atom. The lowest BCUT2D eigenvalue weighted by atomic mass is 9.80. The van der Waals surface area contributed by atoms with Crippen molar-refractivity contribution in [1.29, 1.82) is 0 Å². The number of nitrogens with two attached hydrogens (primary N) is 1. The van der Waals surface area contributed by atoms with Gasteiger partial charge in [0.05, 0.1) is 157 Å². The number of benzene rings is 2. The zero-order valence-corrected chi connectivity index (χ0v) is 83.2. The van der Waals surface area contributed by atoms with E-state index in [9.17, 15) is 48.9 Å². The van der Waals surface area contributed by atoms with Gasteiger partial charge in [0.1, 0.15) is 30.1 Å². The molecule has 3 saturated heterocycles. The number of methoxy groups -OCH3 is 3. The van der Waals surface area contributed by atoms with Crippen molar-refractivity contribution in [2.75, 3.05) is 150 Å². The topological polar surface area (TPSA) is 431 Å². The van der Waals surface area contributed by atoms with Gasteiger partial charge < -0.3 is 97.9 Å². The molecule has 7 aromatic rings. The molecule has 2 amide bonds. The summed E-state index contributed by atoms with van der Waals surface area (Å²) in [5.41, 5.74) is 11.2. The molecule has 0 unspecified atom stereocenters. The number of fused-ring (bicyclic) bond motifs is 6. The maximum atomic E-state index is 15.1. The number of nitrogens with zero attached hydrogens (tertiary/aromatic N) is 12. The van der Waals surface area contributed by atoms with Crippen molar-refractivity contribution in [3.8, 4) is 22.7 Å². The van der Waals surface area contributed by atoms with Crippen molar-refractivity contribution in [3.05, 3.63) is 154 Å². The van der Waals surface area contributed by atoms with Crippen molar-refractivity contribution in [2.24, 2.45) is 42.4 Å². The number of esters is 1. The summed E-state index contributed by atoms with van der Waals surface area (Å²) in [7, 11) is 6.28. The van der Waals surface area contributed by atoms with Gasteiger partial charge in [-0.05, 0) is 162 Å². The lowest BCUT2D eigenvalue weighted by molar-refractivity contribution is -0.265. The molecule has 36 nitrogen and oxygen atoms in total. The largest absolute Gasteiger partial charge is 0.481 e. The number of imidazole rings is 1. The van der Waals surface area contributed by atoms with Crippen LogP contribution < -0.4 is 31.3 Å². The van der Waals surface area contributed by atoms with E-state index in [0.717, 1.165) is 46.2 Å². The predicted octanol–water partition coefficient (Wildman–Crippen LogP) is 10.1. The molecule has 0 radical (unpaired) electrons. The van der Waals surface area contributed by atoms with Crippen molar-refractivity contribution < 1.29 is 114 Å². The van der Waals surface area contributed by atoms with Crippen molar-refractivity contribution in [2.45, 2.75) is 224 Å². The smallest absolute Gasteiger partial charge is 0.418 e. The average molecular weight is 1980 g/mol. The molecule has 1 saturated carbocycles. The van der Waals surface area contributed by atoms with Crippen LogP contribution in [0.2, 0.25) is 0 Å². The number of allylic oxidation sites excluding steroid dienone is 6. The Hall–Kier alpha value is -10.5. The van der Waals surface area contributed by atoms with E-state index in [-0.39, 0.29) is 105 Å². The number of aromatic nitrogens is 9. The number of rotatable bonds is 39.